The molecule has 0 bridgehead atoms. The van der Waals surface area contributed by atoms with Gasteiger partial charge >= 0.3 is 0 Å². The second kappa shape index (κ2) is 6.37. The maximum atomic E-state index is 12.0. The lowest BCUT2D eigenvalue weighted by molar-refractivity contribution is 0.102. The number of aromatic nitrogens is 3. The molecule has 0 saturated carbocycles. The number of benzene rings is 1. The van der Waals surface area contributed by atoms with Gasteiger partial charge in [-0.05, 0) is 30.3 Å². The Labute approximate surface area is 128 Å². The lowest BCUT2D eigenvalue weighted by Crippen LogP contribution is -2.11. The number of anilines is 1. The van der Waals surface area contributed by atoms with E-state index >= 15 is 0 Å². The van der Waals surface area contributed by atoms with Crippen LogP contribution < -0.4 is 5.32 Å². The van der Waals surface area contributed by atoms with Gasteiger partial charge in [-0.15, -0.1) is 12.4 Å². The number of rotatable bonds is 3. The van der Waals surface area contributed by atoms with E-state index in [0.717, 1.165) is 29.0 Å². The van der Waals surface area contributed by atoms with Crippen molar-refractivity contribution in [1.82, 2.24) is 15.0 Å². The van der Waals surface area contributed by atoms with Crippen LogP contribution in [0.2, 0.25) is 0 Å². The van der Waals surface area contributed by atoms with Gasteiger partial charge in [0, 0.05) is 24.5 Å². The summed E-state index contributed by atoms with van der Waals surface area (Å²) < 4.78 is 0. The number of nitrogens with one attached hydrogen (secondary N) is 2. The Balaban J connectivity index is 0.00000161. The number of carbonyl (C=O) groups is 1. The highest BCUT2D eigenvalue weighted by molar-refractivity contribution is 6.04. The number of aryl methyl sites for hydroxylation is 1. The van der Waals surface area contributed by atoms with E-state index in [1.807, 2.05) is 25.1 Å². The molecule has 3 aromatic rings. The fraction of sp³-hybridized carbons (Fsp3) is 0.133. The van der Waals surface area contributed by atoms with Crippen LogP contribution in [0.15, 0.2) is 42.7 Å². The van der Waals surface area contributed by atoms with Crippen LogP contribution in [0, 0.1) is 0 Å². The number of nitrogens with zero attached hydrogens (tertiary/aromatic N) is 2. The number of pyridine rings is 1. The van der Waals surface area contributed by atoms with Gasteiger partial charge in [0.15, 0.2) is 0 Å². The van der Waals surface area contributed by atoms with E-state index in [4.69, 9.17) is 0 Å². The van der Waals surface area contributed by atoms with Gasteiger partial charge in [-0.25, -0.2) is 4.98 Å². The predicted octanol–water partition coefficient (Wildman–Crippen LogP) is 3.19. The van der Waals surface area contributed by atoms with Gasteiger partial charge in [-0.2, -0.15) is 0 Å². The number of amides is 1. The minimum Gasteiger partial charge on any atom is -0.342 e. The third-order valence-electron chi connectivity index (χ3n) is 3.05. The molecule has 0 saturated heterocycles. The summed E-state index contributed by atoms with van der Waals surface area (Å²) in [5.41, 5.74) is 3.09. The van der Waals surface area contributed by atoms with Crippen LogP contribution in [0.5, 0.6) is 0 Å². The van der Waals surface area contributed by atoms with Gasteiger partial charge in [-0.3, -0.25) is 9.78 Å². The first-order valence-electron chi connectivity index (χ1n) is 6.46. The molecule has 108 valence electrons. The maximum Gasteiger partial charge on any atom is 0.257 e. The SMILES string of the molecule is CCc1nc2ccc(NC(=O)c3cccnc3)cc2[nH]1.Cl. The van der Waals surface area contributed by atoms with Crippen LogP contribution in [0.1, 0.15) is 23.1 Å². The number of aromatic amines is 1. The van der Waals surface area contributed by atoms with E-state index in [-0.39, 0.29) is 18.3 Å². The van der Waals surface area contributed by atoms with Crippen LogP contribution in [0.25, 0.3) is 11.0 Å². The quantitative estimate of drug-likeness (QED) is 0.780. The van der Waals surface area contributed by atoms with E-state index in [1.165, 1.54) is 0 Å². The van der Waals surface area contributed by atoms with E-state index < -0.39 is 0 Å². The monoisotopic (exact) mass is 302 g/mol. The molecule has 6 heteroatoms. The van der Waals surface area contributed by atoms with Crippen molar-refractivity contribution in [1.29, 1.82) is 0 Å². The molecule has 3 rings (SSSR count). The normalized spacial score (nSPS) is 10.1. The molecule has 0 atom stereocenters. The Morgan fingerprint density at radius 2 is 2.19 bits per heavy atom. The average Bonchev–Trinajstić information content (AvgIpc) is 2.90. The van der Waals surface area contributed by atoms with E-state index in [0.29, 0.717) is 5.56 Å². The summed E-state index contributed by atoms with van der Waals surface area (Å²) in [5, 5.41) is 2.85. The molecular formula is C15H15ClN4O. The Bertz CT molecular complexity index is 755. The van der Waals surface area contributed by atoms with Crippen LogP contribution in [-0.2, 0) is 6.42 Å². The third-order valence-corrected chi connectivity index (χ3v) is 3.05. The molecule has 2 N–H and O–H groups in total. The fourth-order valence-electron chi connectivity index (χ4n) is 2.01. The van der Waals surface area contributed by atoms with Gasteiger partial charge in [0.25, 0.3) is 5.91 Å². The minimum absolute atomic E-state index is 0. The summed E-state index contributed by atoms with van der Waals surface area (Å²) in [7, 11) is 0. The summed E-state index contributed by atoms with van der Waals surface area (Å²) in [6, 6.07) is 9.09. The molecule has 0 radical (unpaired) electrons. The highest BCUT2D eigenvalue weighted by atomic mass is 35.5. The summed E-state index contributed by atoms with van der Waals surface area (Å²) in [6.07, 6.45) is 4.03. The number of hydrogen-bond acceptors (Lipinski definition) is 3. The number of carbonyl (C=O) groups excluding carboxylic acids is 1. The molecule has 21 heavy (non-hydrogen) atoms. The molecule has 0 aliphatic carbocycles. The molecule has 2 heterocycles. The Morgan fingerprint density at radius 3 is 2.90 bits per heavy atom. The zero-order valence-corrected chi connectivity index (χ0v) is 12.3. The summed E-state index contributed by atoms with van der Waals surface area (Å²) in [5.74, 6) is 0.767. The molecule has 0 aliphatic heterocycles. The molecule has 1 amide bonds. The summed E-state index contributed by atoms with van der Waals surface area (Å²) in [6.45, 7) is 2.04. The van der Waals surface area contributed by atoms with Crippen LogP contribution in [0.4, 0.5) is 5.69 Å². The molecule has 0 unspecified atom stereocenters. The predicted molar refractivity (Wildman–Crippen MR) is 84.9 cm³/mol. The lowest BCUT2D eigenvalue weighted by Gasteiger charge is -2.04. The average molecular weight is 303 g/mol. The van der Waals surface area contributed by atoms with Gasteiger partial charge in [0.2, 0.25) is 0 Å². The van der Waals surface area contributed by atoms with Crippen LogP contribution in [-0.4, -0.2) is 20.9 Å². The summed E-state index contributed by atoms with van der Waals surface area (Å²) in [4.78, 5) is 23.6. The fourth-order valence-corrected chi connectivity index (χ4v) is 2.01. The smallest absolute Gasteiger partial charge is 0.257 e. The van der Waals surface area contributed by atoms with Gasteiger partial charge in [0.05, 0.1) is 16.6 Å². The topological polar surface area (TPSA) is 70.7 Å². The molecule has 1 aromatic carbocycles. The Hall–Kier alpha value is -2.40. The highest BCUT2D eigenvalue weighted by Crippen LogP contribution is 2.18. The van der Waals surface area contributed by atoms with Gasteiger partial charge in [0.1, 0.15) is 5.82 Å². The number of H-pyrrole nitrogens is 1. The van der Waals surface area contributed by atoms with Crippen molar-refractivity contribution in [3.63, 3.8) is 0 Å². The van der Waals surface area contributed by atoms with E-state index in [2.05, 4.69) is 20.3 Å². The maximum absolute atomic E-state index is 12.0. The number of hydrogen-bond donors (Lipinski definition) is 2. The van der Waals surface area contributed by atoms with Crippen molar-refractivity contribution >= 4 is 35.0 Å². The van der Waals surface area contributed by atoms with Crippen molar-refractivity contribution in [3.05, 3.63) is 54.1 Å². The molecule has 0 fully saturated rings. The molecule has 0 aliphatic rings. The molecule has 0 spiro atoms. The molecular weight excluding hydrogens is 288 g/mol. The Kier molecular flexibility index (Phi) is 4.55. The molecule has 2 aromatic heterocycles. The minimum atomic E-state index is -0.173. The standard InChI is InChI=1S/C15H14N4O.ClH/c1-2-14-18-12-6-5-11(8-13(12)19-14)17-15(20)10-4-3-7-16-9-10;/h3-9H,2H2,1H3,(H,17,20)(H,18,19);1H. The third kappa shape index (κ3) is 3.20. The van der Waals surface area contributed by atoms with Crippen LogP contribution >= 0.6 is 12.4 Å². The first kappa shape index (κ1) is 15.0. The first-order chi connectivity index (χ1) is 9.76. The van der Waals surface area contributed by atoms with Crippen molar-refractivity contribution in [2.75, 3.05) is 5.32 Å². The number of fused-ring (bicyclic) bond motifs is 1. The van der Waals surface area contributed by atoms with Crippen LogP contribution in [0.3, 0.4) is 0 Å². The van der Waals surface area contributed by atoms with Gasteiger partial charge < -0.3 is 10.3 Å². The van der Waals surface area contributed by atoms with E-state index in [1.54, 1.807) is 24.5 Å². The number of halogens is 1. The van der Waals surface area contributed by atoms with E-state index in [9.17, 15) is 4.79 Å². The second-order valence-corrected chi connectivity index (χ2v) is 4.46. The lowest BCUT2D eigenvalue weighted by atomic mass is 10.2. The van der Waals surface area contributed by atoms with Crippen molar-refractivity contribution in [2.24, 2.45) is 0 Å². The zero-order valence-electron chi connectivity index (χ0n) is 11.5. The second-order valence-electron chi connectivity index (χ2n) is 4.46. The summed E-state index contributed by atoms with van der Waals surface area (Å²) >= 11 is 0. The largest absolute Gasteiger partial charge is 0.342 e. The van der Waals surface area contributed by atoms with Crippen molar-refractivity contribution in [3.8, 4) is 0 Å². The highest BCUT2D eigenvalue weighted by Gasteiger charge is 2.07. The zero-order chi connectivity index (χ0) is 13.9. The Morgan fingerprint density at radius 1 is 1.33 bits per heavy atom. The van der Waals surface area contributed by atoms with Crippen molar-refractivity contribution in [2.45, 2.75) is 13.3 Å². The molecule has 5 nitrogen and oxygen atoms in total. The van der Waals surface area contributed by atoms with Crippen molar-refractivity contribution < 1.29 is 4.79 Å². The first-order valence-corrected chi connectivity index (χ1v) is 6.46. The number of imidazole rings is 1. The van der Waals surface area contributed by atoms with Gasteiger partial charge in [-0.1, -0.05) is 6.92 Å².